The summed E-state index contributed by atoms with van der Waals surface area (Å²) < 4.78 is 47.4. The van der Waals surface area contributed by atoms with E-state index in [1.54, 1.807) is 4.90 Å². The topological polar surface area (TPSA) is 46.5 Å². The van der Waals surface area contributed by atoms with Crippen LogP contribution in [0.5, 0.6) is 5.75 Å². The van der Waals surface area contributed by atoms with Crippen molar-refractivity contribution in [1.29, 1.82) is 0 Å². The summed E-state index contributed by atoms with van der Waals surface area (Å²) in [4.78, 5) is 15.3. The van der Waals surface area contributed by atoms with Gasteiger partial charge < -0.3 is 19.5 Å². The van der Waals surface area contributed by atoms with Crippen molar-refractivity contribution in [2.45, 2.75) is 25.7 Å². The predicted molar refractivity (Wildman–Crippen MR) is 131 cm³/mol. The van der Waals surface area contributed by atoms with Gasteiger partial charge in [0.05, 0.1) is 30.4 Å². The summed E-state index contributed by atoms with van der Waals surface area (Å²) in [7, 11) is 0. The number of nitrogens with zero attached hydrogens (tertiary/aromatic N) is 2. The number of hydrogen-bond donors (Lipinski definition) is 1. The molecule has 0 bridgehead atoms. The number of fused-ring (bicyclic) bond motifs is 3. The van der Waals surface area contributed by atoms with Gasteiger partial charge in [0.25, 0.3) is 0 Å². The Labute approximate surface area is 206 Å². The van der Waals surface area contributed by atoms with Crippen LogP contribution in [0.25, 0.3) is 5.69 Å². The fraction of sp³-hybridized carbons (Fsp3) is 0.179. The first kappa shape index (κ1) is 23.5. The average Bonchev–Trinajstić information content (AvgIpc) is 3.29. The molecule has 36 heavy (non-hydrogen) atoms. The number of nitrogens with one attached hydrogen (secondary N) is 1. The van der Waals surface area contributed by atoms with Crippen LogP contribution in [0.3, 0.4) is 0 Å². The SMILES string of the molecule is CCOc1ccc([C@H]2c3cccn3-c3ccccc3CN2C(=O)Nc2cccc(C(F)(F)F)c2)cc1. The molecule has 0 aliphatic carbocycles. The zero-order chi connectivity index (χ0) is 25.3. The van der Waals surface area contributed by atoms with Crippen molar-refractivity contribution >= 4 is 11.7 Å². The van der Waals surface area contributed by atoms with Crippen LogP contribution in [0.4, 0.5) is 23.7 Å². The van der Waals surface area contributed by atoms with Crippen molar-refractivity contribution in [3.8, 4) is 11.4 Å². The number of carbonyl (C=O) groups excluding carboxylic acids is 1. The zero-order valence-corrected chi connectivity index (χ0v) is 19.5. The van der Waals surface area contributed by atoms with E-state index in [-0.39, 0.29) is 12.2 Å². The van der Waals surface area contributed by atoms with Crippen molar-refractivity contribution in [1.82, 2.24) is 9.47 Å². The van der Waals surface area contributed by atoms with Crippen molar-refractivity contribution in [2.75, 3.05) is 11.9 Å². The van der Waals surface area contributed by atoms with Crippen LogP contribution in [0.15, 0.2) is 91.1 Å². The van der Waals surface area contributed by atoms with Gasteiger partial charge in [-0.3, -0.25) is 0 Å². The lowest BCUT2D eigenvalue weighted by atomic mass is 10.0. The molecule has 2 heterocycles. The maximum absolute atomic E-state index is 13.7. The second-order valence-electron chi connectivity index (χ2n) is 8.47. The highest BCUT2D eigenvalue weighted by molar-refractivity contribution is 5.90. The molecule has 184 valence electrons. The van der Waals surface area contributed by atoms with Gasteiger partial charge in [-0.25, -0.2) is 4.79 Å². The number of benzene rings is 3. The van der Waals surface area contributed by atoms with Crippen LogP contribution >= 0.6 is 0 Å². The number of alkyl halides is 3. The Balaban J connectivity index is 1.57. The van der Waals surface area contributed by atoms with Crippen LogP contribution in [0.1, 0.15) is 35.3 Å². The highest BCUT2D eigenvalue weighted by atomic mass is 19.4. The minimum atomic E-state index is -4.51. The molecule has 1 aliphatic heterocycles. The van der Waals surface area contributed by atoms with Crippen LogP contribution in [-0.4, -0.2) is 22.1 Å². The molecule has 0 unspecified atom stereocenters. The van der Waals surface area contributed by atoms with Crippen molar-refractivity contribution in [2.24, 2.45) is 0 Å². The van der Waals surface area contributed by atoms with Gasteiger partial charge in [0.1, 0.15) is 5.75 Å². The lowest BCUT2D eigenvalue weighted by Crippen LogP contribution is -2.38. The van der Waals surface area contributed by atoms with Crippen LogP contribution in [0, 0.1) is 0 Å². The summed E-state index contributed by atoms with van der Waals surface area (Å²) in [6, 6.07) is 22.8. The second kappa shape index (κ2) is 9.45. The number of halogens is 3. The lowest BCUT2D eigenvalue weighted by Gasteiger charge is -2.31. The third-order valence-electron chi connectivity index (χ3n) is 6.17. The Morgan fingerprint density at radius 3 is 2.53 bits per heavy atom. The molecular formula is C28H24F3N3O2. The van der Waals surface area contributed by atoms with Gasteiger partial charge in [-0.1, -0.05) is 36.4 Å². The van der Waals surface area contributed by atoms with E-state index >= 15 is 0 Å². The number of ether oxygens (including phenoxy) is 1. The molecule has 5 rings (SSSR count). The average molecular weight is 492 g/mol. The van der Waals surface area contributed by atoms with Gasteiger partial charge in [0.2, 0.25) is 0 Å². The smallest absolute Gasteiger partial charge is 0.416 e. The highest BCUT2D eigenvalue weighted by Crippen LogP contribution is 2.38. The largest absolute Gasteiger partial charge is 0.494 e. The Morgan fingerprint density at radius 2 is 1.78 bits per heavy atom. The Bertz CT molecular complexity index is 1380. The quantitative estimate of drug-likeness (QED) is 0.333. The van der Waals surface area contributed by atoms with E-state index in [4.69, 9.17) is 4.74 Å². The summed E-state index contributed by atoms with van der Waals surface area (Å²) in [5, 5.41) is 2.69. The Hall–Kier alpha value is -4.20. The normalized spacial score (nSPS) is 15.0. The molecule has 1 aromatic heterocycles. The van der Waals surface area contributed by atoms with Crippen molar-refractivity contribution in [3.05, 3.63) is 114 Å². The third kappa shape index (κ3) is 4.54. The predicted octanol–water partition coefficient (Wildman–Crippen LogP) is 7.03. The first-order valence-electron chi connectivity index (χ1n) is 11.6. The fourth-order valence-electron chi connectivity index (χ4n) is 4.57. The molecule has 0 fully saturated rings. The Morgan fingerprint density at radius 1 is 1.00 bits per heavy atom. The number of para-hydroxylation sites is 1. The van der Waals surface area contributed by atoms with Gasteiger partial charge >= 0.3 is 12.2 Å². The first-order chi connectivity index (χ1) is 17.3. The lowest BCUT2D eigenvalue weighted by molar-refractivity contribution is -0.137. The summed E-state index contributed by atoms with van der Waals surface area (Å²) in [6.07, 6.45) is -2.56. The van der Waals surface area contributed by atoms with Crippen molar-refractivity contribution in [3.63, 3.8) is 0 Å². The summed E-state index contributed by atoms with van der Waals surface area (Å²) >= 11 is 0. The van der Waals surface area contributed by atoms with Gasteiger partial charge in [-0.05, 0) is 66.6 Å². The minimum absolute atomic E-state index is 0.0770. The van der Waals surface area contributed by atoms with Gasteiger partial charge in [0.15, 0.2) is 0 Å². The maximum atomic E-state index is 13.7. The molecule has 4 aromatic rings. The molecule has 0 saturated carbocycles. The monoisotopic (exact) mass is 491 g/mol. The minimum Gasteiger partial charge on any atom is -0.494 e. The summed E-state index contributed by atoms with van der Waals surface area (Å²) in [6.45, 7) is 2.70. The number of carbonyl (C=O) groups is 1. The Kier molecular flexibility index (Phi) is 6.18. The molecule has 8 heteroatoms. The van der Waals surface area contributed by atoms with E-state index in [0.29, 0.717) is 12.4 Å². The molecular weight excluding hydrogens is 467 g/mol. The second-order valence-corrected chi connectivity index (χ2v) is 8.47. The highest BCUT2D eigenvalue weighted by Gasteiger charge is 2.34. The number of rotatable bonds is 4. The summed E-state index contributed by atoms with van der Waals surface area (Å²) in [5.74, 6) is 0.716. The molecule has 2 amide bonds. The molecule has 1 atom stereocenters. The van der Waals surface area contributed by atoms with Crippen LogP contribution in [0.2, 0.25) is 0 Å². The fourth-order valence-corrected chi connectivity index (χ4v) is 4.57. The van der Waals surface area contributed by atoms with Crippen LogP contribution in [-0.2, 0) is 12.7 Å². The maximum Gasteiger partial charge on any atom is 0.416 e. The number of urea groups is 1. The number of hydrogen-bond acceptors (Lipinski definition) is 2. The van der Waals surface area contributed by atoms with Crippen molar-refractivity contribution < 1.29 is 22.7 Å². The standard InChI is InChI=1S/C28H24F3N3O2/c1-2-36-23-14-12-19(13-15-23)26-25-11-6-16-33(25)24-10-4-3-7-20(24)18-34(26)27(35)32-22-9-5-8-21(17-22)28(29,30)31/h3-17,26H,2,18H2,1H3,(H,32,35)/t26-/m0/s1. The number of amides is 2. The molecule has 5 nitrogen and oxygen atoms in total. The molecule has 0 saturated heterocycles. The molecule has 0 spiro atoms. The van der Waals surface area contributed by atoms with E-state index in [1.165, 1.54) is 12.1 Å². The number of anilines is 1. The zero-order valence-electron chi connectivity index (χ0n) is 19.5. The number of aromatic nitrogens is 1. The van der Waals surface area contributed by atoms with E-state index in [0.717, 1.165) is 34.6 Å². The van der Waals surface area contributed by atoms with E-state index in [2.05, 4.69) is 5.32 Å². The van der Waals surface area contributed by atoms with E-state index in [1.807, 2.05) is 78.4 Å². The van der Waals surface area contributed by atoms with Gasteiger partial charge in [-0.15, -0.1) is 0 Å². The molecule has 1 aliphatic rings. The van der Waals surface area contributed by atoms with Gasteiger partial charge in [0, 0.05) is 17.6 Å². The molecule has 1 N–H and O–H groups in total. The molecule has 3 aromatic carbocycles. The van der Waals surface area contributed by atoms with Crippen LogP contribution < -0.4 is 10.1 Å². The van der Waals surface area contributed by atoms with E-state index < -0.39 is 23.8 Å². The third-order valence-corrected chi connectivity index (χ3v) is 6.17. The van der Waals surface area contributed by atoms with E-state index in [9.17, 15) is 18.0 Å². The summed E-state index contributed by atoms with van der Waals surface area (Å²) in [5.41, 5.74) is 2.84. The van der Waals surface area contributed by atoms with Gasteiger partial charge in [-0.2, -0.15) is 13.2 Å². The molecule has 0 radical (unpaired) electrons. The first-order valence-corrected chi connectivity index (χ1v) is 11.6.